The number of hydrogen-bond donors (Lipinski definition) is 3. The van der Waals surface area contributed by atoms with Crippen molar-refractivity contribution in [3.05, 3.63) is 71.3 Å². The fourth-order valence-electron chi connectivity index (χ4n) is 2.94. The van der Waals surface area contributed by atoms with Gasteiger partial charge >= 0.3 is 15.6 Å². The number of aromatic amines is 2. The first kappa shape index (κ1) is 21.5. The third kappa shape index (κ3) is 5.13. The predicted octanol–water partition coefficient (Wildman–Crippen LogP) is 5.05. The molecule has 0 radical (unpaired) electrons. The molecule has 0 spiro atoms. The van der Waals surface area contributed by atoms with Crippen molar-refractivity contribution >= 4 is 56.5 Å². The van der Waals surface area contributed by atoms with Crippen LogP contribution in [0.3, 0.4) is 0 Å². The number of nitrogens with zero attached hydrogens (tertiary/aromatic N) is 2. The molecule has 3 N–H and O–H groups in total. The predicted molar refractivity (Wildman–Crippen MR) is 116 cm³/mol. The summed E-state index contributed by atoms with van der Waals surface area (Å²) in [6.45, 7) is 0. The molecule has 0 unspecified atom stereocenters. The van der Waals surface area contributed by atoms with Gasteiger partial charge < -0.3 is 9.97 Å². The third-order valence-corrected chi connectivity index (χ3v) is 4.92. The van der Waals surface area contributed by atoms with Crippen molar-refractivity contribution in [2.45, 2.75) is 5.51 Å². The van der Waals surface area contributed by atoms with Gasteiger partial charge in [0.05, 0.1) is 22.8 Å². The molecule has 0 fully saturated rings. The van der Waals surface area contributed by atoms with Crippen molar-refractivity contribution in [2.75, 3.05) is 0 Å². The minimum Gasteiger partial charge on any atom is -0.355 e. The van der Waals surface area contributed by atoms with Crippen LogP contribution in [0.5, 0.6) is 0 Å². The Morgan fingerprint density at radius 3 is 1.31 bits per heavy atom. The van der Waals surface area contributed by atoms with Crippen molar-refractivity contribution < 1.29 is 26.1 Å². The van der Waals surface area contributed by atoms with E-state index in [0.29, 0.717) is 0 Å². The van der Waals surface area contributed by atoms with Gasteiger partial charge in [-0.2, -0.15) is 21.6 Å². The highest BCUT2D eigenvalue weighted by molar-refractivity contribution is 7.86. The molecule has 3 aromatic rings. The molecule has 0 amide bonds. The number of fused-ring (bicyclic) bond motifs is 8. The summed E-state index contributed by atoms with van der Waals surface area (Å²) in [5, 5.41) is 0. The molecular formula is C21H15F3N4O3S. The second-order valence-electron chi connectivity index (χ2n) is 6.83. The topological polar surface area (TPSA) is 112 Å². The van der Waals surface area contributed by atoms with Crippen molar-refractivity contribution in [3.8, 4) is 0 Å². The first-order valence-corrected chi connectivity index (χ1v) is 10.6. The molecule has 0 aromatic carbocycles. The first-order valence-electron chi connectivity index (χ1n) is 9.13. The fourth-order valence-corrected chi connectivity index (χ4v) is 2.94. The number of alkyl halides is 3. The van der Waals surface area contributed by atoms with Crippen LogP contribution in [0.1, 0.15) is 22.8 Å². The summed E-state index contributed by atoms with van der Waals surface area (Å²) >= 11 is 0. The Bertz CT molecular complexity index is 1410. The smallest absolute Gasteiger partial charge is 0.355 e. The average Bonchev–Trinajstić information content (AvgIpc) is 3.46. The van der Waals surface area contributed by atoms with Crippen LogP contribution >= 0.6 is 0 Å². The molecule has 2 aliphatic heterocycles. The number of hydrogen-bond acceptors (Lipinski definition) is 4. The lowest BCUT2D eigenvalue weighted by Gasteiger charge is -1.97. The maximum atomic E-state index is 10.7. The van der Waals surface area contributed by atoms with Gasteiger partial charge in [-0.15, -0.1) is 0 Å². The van der Waals surface area contributed by atoms with Crippen LogP contribution in [0.25, 0.3) is 46.4 Å². The number of nitrogens with one attached hydrogen (secondary N) is 2. The van der Waals surface area contributed by atoms with Gasteiger partial charge in [0.1, 0.15) is 0 Å². The monoisotopic (exact) mass is 460 g/mol. The summed E-state index contributed by atoms with van der Waals surface area (Å²) in [7, 11) is -5.84. The molecule has 2 aliphatic rings. The fraction of sp³-hybridized carbons (Fsp3) is 0.0476. The van der Waals surface area contributed by atoms with Gasteiger partial charge in [-0.25, -0.2) is 9.97 Å². The van der Waals surface area contributed by atoms with Crippen molar-refractivity contribution in [2.24, 2.45) is 0 Å². The largest absolute Gasteiger partial charge is 0.522 e. The van der Waals surface area contributed by atoms with Gasteiger partial charge in [-0.1, -0.05) is 0 Å². The number of halogens is 3. The number of rotatable bonds is 0. The Morgan fingerprint density at radius 2 is 0.969 bits per heavy atom. The van der Waals surface area contributed by atoms with Gasteiger partial charge in [0.15, 0.2) is 0 Å². The molecule has 0 saturated heterocycles. The SMILES string of the molecule is C1=Cc2cc3ccc(cc4ccc(cc5nc(cc1n2)C=C5)[nH]4)[nH]3.O=S(=O)(O)C(F)(F)F. The van der Waals surface area contributed by atoms with Crippen molar-refractivity contribution in [1.82, 2.24) is 19.9 Å². The standard InChI is InChI=1S/C20H14N4.CHF3O3S/c1-2-14-10-16-5-6-18(23-16)12-20-8-7-19(24-20)11-17-4-3-15(22-17)9-13(1)21-14;2-1(3,4)8(5,6)7/h1-12,21-22H;(H,5,6,7). The van der Waals surface area contributed by atoms with E-state index in [2.05, 4.69) is 50.3 Å². The lowest BCUT2D eigenvalue weighted by molar-refractivity contribution is -0.0510. The van der Waals surface area contributed by atoms with Crippen LogP contribution in [0, 0.1) is 0 Å². The highest BCUT2D eigenvalue weighted by Crippen LogP contribution is 2.20. The summed E-state index contributed by atoms with van der Waals surface area (Å²) < 4.78 is 57.5. The molecule has 5 rings (SSSR count). The van der Waals surface area contributed by atoms with Gasteiger partial charge in [-0.05, 0) is 72.8 Å². The van der Waals surface area contributed by atoms with Crippen LogP contribution < -0.4 is 0 Å². The Kier molecular flexibility index (Phi) is 5.45. The minimum absolute atomic E-state index is 0.915. The van der Waals surface area contributed by atoms with Gasteiger partial charge in [0.25, 0.3) is 0 Å². The Balaban J connectivity index is 0.000000265. The maximum Gasteiger partial charge on any atom is 0.522 e. The van der Waals surface area contributed by atoms with E-state index in [0.717, 1.165) is 44.8 Å². The molecule has 11 heteroatoms. The third-order valence-electron chi connectivity index (χ3n) is 4.33. The van der Waals surface area contributed by atoms with E-state index in [1.165, 1.54) is 0 Å². The number of aromatic nitrogens is 4. The summed E-state index contributed by atoms with van der Waals surface area (Å²) in [5.74, 6) is 0. The molecule has 0 atom stereocenters. The van der Waals surface area contributed by atoms with E-state index in [4.69, 9.17) is 13.0 Å². The molecule has 164 valence electrons. The van der Waals surface area contributed by atoms with E-state index in [-0.39, 0.29) is 0 Å². The van der Waals surface area contributed by atoms with Crippen LogP contribution in [-0.4, -0.2) is 38.4 Å². The molecule has 7 nitrogen and oxygen atoms in total. The number of H-pyrrole nitrogens is 2. The summed E-state index contributed by atoms with van der Waals surface area (Å²) in [5.41, 5.74) is 2.33. The first-order chi connectivity index (χ1) is 15.0. The highest BCUT2D eigenvalue weighted by atomic mass is 32.2. The van der Waals surface area contributed by atoms with Crippen LogP contribution in [0.15, 0.2) is 48.5 Å². The molecule has 32 heavy (non-hydrogen) atoms. The zero-order valence-corrected chi connectivity index (χ0v) is 16.9. The average molecular weight is 460 g/mol. The molecule has 5 heterocycles. The summed E-state index contributed by atoms with van der Waals surface area (Å²) in [4.78, 5) is 16.0. The van der Waals surface area contributed by atoms with Crippen LogP contribution in [0.2, 0.25) is 0 Å². The quantitative estimate of drug-likeness (QED) is 0.221. The minimum atomic E-state index is -5.84. The van der Waals surface area contributed by atoms with Crippen LogP contribution in [-0.2, 0) is 10.1 Å². The Labute approximate surface area is 179 Å². The van der Waals surface area contributed by atoms with Crippen molar-refractivity contribution in [1.29, 1.82) is 0 Å². The lowest BCUT2D eigenvalue weighted by atomic mass is 10.3. The van der Waals surface area contributed by atoms with Crippen LogP contribution in [0.4, 0.5) is 13.2 Å². The molecule has 3 aromatic heterocycles. The van der Waals surface area contributed by atoms with E-state index in [1.807, 2.05) is 42.5 Å². The van der Waals surface area contributed by atoms with Gasteiger partial charge in [0, 0.05) is 22.1 Å². The van der Waals surface area contributed by atoms with Gasteiger partial charge in [0.2, 0.25) is 0 Å². The highest BCUT2D eigenvalue weighted by Gasteiger charge is 2.44. The van der Waals surface area contributed by atoms with E-state index in [9.17, 15) is 13.2 Å². The second kappa shape index (κ2) is 8.09. The van der Waals surface area contributed by atoms with Gasteiger partial charge in [-0.3, -0.25) is 4.55 Å². The molecular weight excluding hydrogens is 445 g/mol. The lowest BCUT2D eigenvalue weighted by Crippen LogP contribution is -2.21. The maximum absolute atomic E-state index is 10.7. The van der Waals surface area contributed by atoms with E-state index in [1.54, 1.807) is 0 Å². The molecule has 8 bridgehead atoms. The Morgan fingerprint density at radius 1 is 0.656 bits per heavy atom. The normalized spacial score (nSPS) is 13.0. The molecule has 0 aliphatic carbocycles. The zero-order valence-electron chi connectivity index (χ0n) is 16.1. The van der Waals surface area contributed by atoms with E-state index >= 15 is 0 Å². The summed E-state index contributed by atoms with van der Waals surface area (Å²) in [6.07, 6.45) is 8.05. The van der Waals surface area contributed by atoms with Crippen molar-refractivity contribution in [3.63, 3.8) is 0 Å². The summed E-state index contributed by atoms with van der Waals surface area (Å²) in [6, 6.07) is 16.4. The molecule has 0 saturated carbocycles. The zero-order chi connectivity index (χ0) is 22.9. The Hall–Kier alpha value is -3.70. The van der Waals surface area contributed by atoms with E-state index < -0.39 is 15.6 Å². The second-order valence-corrected chi connectivity index (χ2v) is 8.24.